The SMILES string of the molecule is CCc1ccc(-c2nc3c(C)cc(Br)cn3c2N)cc1. The summed E-state index contributed by atoms with van der Waals surface area (Å²) in [7, 11) is 0. The van der Waals surface area contributed by atoms with Crippen molar-refractivity contribution in [2.45, 2.75) is 20.3 Å². The van der Waals surface area contributed by atoms with Gasteiger partial charge in [0.2, 0.25) is 0 Å². The van der Waals surface area contributed by atoms with Gasteiger partial charge in [-0.1, -0.05) is 31.2 Å². The number of pyridine rings is 1. The number of hydrogen-bond acceptors (Lipinski definition) is 2. The Bertz CT molecular complexity index is 773. The fourth-order valence-electron chi connectivity index (χ4n) is 2.40. The molecule has 0 atom stereocenters. The molecule has 0 radical (unpaired) electrons. The van der Waals surface area contributed by atoms with E-state index in [9.17, 15) is 0 Å². The fourth-order valence-corrected chi connectivity index (χ4v) is 2.94. The number of rotatable bonds is 2. The topological polar surface area (TPSA) is 43.3 Å². The molecule has 20 heavy (non-hydrogen) atoms. The molecule has 0 bridgehead atoms. The molecule has 4 heteroatoms. The normalized spacial score (nSPS) is 11.2. The molecule has 2 aromatic heterocycles. The third-order valence-electron chi connectivity index (χ3n) is 3.54. The zero-order valence-corrected chi connectivity index (χ0v) is 13.1. The molecule has 0 saturated carbocycles. The zero-order chi connectivity index (χ0) is 14.3. The molecule has 0 aliphatic heterocycles. The lowest BCUT2D eigenvalue weighted by Crippen LogP contribution is -1.95. The Morgan fingerprint density at radius 1 is 1.25 bits per heavy atom. The zero-order valence-electron chi connectivity index (χ0n) is 11.5. The highest BCUT2D eigenvalue weighted by atomic mass is 79.9. The molecule has 3 rings (SSSR count). The summed E-state index contributed by atoms with van der Waals surface area (Å²) in [5.41, 5.74) is 11.5. The molecule has 3 nitrogen and oxygen atoms in total. The van der Waals surface area contributed by atoms with E-state index in [0.29, 0.717) is 5.82 Å². The minimum absolute atomic E-state index is 0.675. The molecule has 2 N–H and O–H groups in total. The van der Waals surface area contributed by atoms with Crippen LogP contribution >= 0.6 is 15.9 Å². The van der Waals surface area contributed by atoms with Gasteiger partial charge in [-0.05, 0) is 46.5 Å². The Morgan fingerprint density at radius 3 is 2.60 bits per heavy atom. The summed E-state index contributed by atoms with van der Waals surface area (Å²) in [5, 5.41) is 0. The largest absolute Gasteiger partial charge is 0.383 e. The number of hydrogen-bond donors (Lipinski definition) is 1. The minimum atomic E-state index is 0.675. The standard InChI is InChI=1S/C16H16BrN3/c1-3-11-4-6-12(7-5-11)14-15(18)20-9-13(17)8-10(2)16(20)19-14/h4-9H,3,18H2,1-2H3. The number of aryl methyl sites for hydroxylation is 2. The van der Waals surface area contributed by atoms with Gasteiger partial charge in [0.15, 0.2) is 0 Å². The summed E-state index contributed by atoms with van der Waals surface area (Å²) in [6.07, 6.45) is 2.99. The molecule has 1 aromatic carbocycles. The summed E-state index contributed by atoms with van der Waals surface area (Å²) in [5.74, 6) is 0.675. The first-order chi connectivity index (χ1) is 9.60. The van der Waals surface area contributed by atoms with Crippen LogP contribution in [0.15, 0.2) is 41.0 Å². The Morgan fingerprint density at radius 2 is 1.95 bits per heavy atom. The minimum Gasteiger partial charge on any atom is -0.383 e. The van der Waals surface area contributed by atoms with Crippen LogP contribution in [0.4, 0.5) is 5.82 Å². The fraction of sp³-hybridized carbons (Fsp3) is 0.188. The van der Waals surface area contributed by atoms with Crippen molar-refractivity contribution in [1.29, 1.82) is 0 Å². The van der Waals surface area contributed by atoms with E-state index in [0.717, 1.165) is 33.4 Å². The van der Waals surface area contributed by atoms with E-state index in [2.05, 4.69) is 47.1 Å². The van der Waals surface area contributed by atoms with Crippen LogP contribution in [-0.2, 0) is 6.42 Å². The van der Waals surface area contributed by atoms with Crippen LogP contribution in [0.5, 0.6) is 0 Å². The predicted octanol–water partition coefficient (Wildman–Crippen LogP) is 4.22. The Kier molecular flexibility index (Phi) is 3.26. The summed E-state index contributed by atoms with van der Waals surface area (Å²) in [6.45, 7) is 4.19. The number of nitrogen functional groups attached to an aromatic ring is 1. The maximum atomic E-state index is 6.26. The van der Waals surface area contributed by atoms with Crippen molar-refractivity contribution >= 4 is 27.4 Å². The molecule has 0 aliphatic carbocycles. The van der Waals surface area contributed by atoms with E-state index in [1.54, 1.807) is 0 Å². The third kappa shape index (κ3) is 2.10. The van der Waals surface area contributed by atoms with Gasteiger partial charge in [-0.2, -0.15) is 0 Å². The van der Waals surface area contributed by atoms with Gasteiger partial charge < -0.3 is 5.73 Å². The molecule has 0 unspecified atom stereocenters. The van der Waals surface area contributed by atoms with Crippen molar-refractivity contribution in [3.05, 3.63) is 52.1 Å². The van der Waals surface area contributed by atoms with Crippen LogP contribution in [0.25, 0.3) is 16.9 Å². The van der Waals surface area contributed by atoms with E-state index in [-0.39, 0.29) is 0 Å². The molecule has 0 fully saturated rings. The average Bonchev–Trinajstić information content (AvgIpc) is 2.77. The van der Waals surface area contributed by atoms with Gasteiger partial charge in [-0.25, -0.2) is 4.98 Å². The van der Waals surface area contributed by atoms with E-state index >= 15 is 0 Å². The predicted molar refractivity (Wildman–Crippen MR) is 86.9 cm³/mol. The number of fused-ring (bicyclic) bond motifs is 1. The summed E-state index contributed by atoms with van der Waals surface area (Å²) in [6, 6.07) is 10.5. The molecular formula is C16H16BrN3. The number of halogens is 1. The third-order valence-corrected chi connectivity index (χ3v) is 3.98. The quantitative estimate of drug-likeness (QED) is 0.765. The molecule has 0 saturated heterocycles. The Labute approximate surface area is 126 Å². The molecule has 0 amide bonds. The highest BCUT2D eigenvalue weighted by molar-refractivity contribution is 9.10. The Balaban J connectivity index is 2.20. The Hall–Kier alpha value is -1.81. The second-order valence-electron chi connectivity index (χ2n) is 4.93. The maximum absolute atomic E-state index is 6.26. The van der Waals surface area contributed by atoms with Crippen molar-refractivity contribution in [3.8, 4) is 11.3 Å². The number of aromatic nitrogens is 2. The lowest BCUT2D eigenvalue weighted by atomic mass is 10.1. The van der Waals surface area contributed by atoms with Crippen LogP contribution in [0.1, 0.15) is 18.1 Å². The van der Waals surface area contributed by atoms with Crippen LogP contribution in [0, 0.1) is 6.92 Å². The number of nitrogens with zero attached hydrogens (tertiary/aromatic N) is 2. The van der Waals surface area contributed by atoms with Gasteiger partial charge in [0.05, 0.1) is 0 Å². The van der Waals surface area contributed by atoms with Gasteiger partial charge in [-0.3, -0.25) is 4.40 Å². The first-order valence-corrected chi connectivity index (χ1v) is 7.42. The van der Waals surface area contributed by atoms with E-state index in [1.807, 2.05) is 23.6 Å². The molecular weight excluding hydrogens is 314 g/mol. The van der Waals surface area contributed by atoms with Gasteiger partial charge in [0.1, 0.15) is 17.2 Å². The monoisotopic (exact) mass is 329 g/mol. The van der Waals surface area contributed by atoms with E-state index in [4.69, 9.17) is 10.7 Å². The smallest absolute Gasteiger partial charge is 0.142 e. The first kappa shape index (κ1) is 13.2. The van der Waals surface area contributed by atoms with Gasteiger partial charge >= 0.3 is 0 Å². The number of imidazole rings is 1. The van der Waals surface area contributed by atoms with Crippen molar-refractivity contribution in [2.24, 2.45) is 0 Å². The summed E-state index contributed by atoms with van der Waals surface area (Å²) >= 11 is 3.50. The molecule has 0 spiro atoms. The lowest BCUT2D eigenvalue weighted by Gasteiger charge is -2.02. The number of benzene rings is 1. The van der Waals surface area contributed by atoms with Gasteiger partial charge in [0, 0.05) is 16.2 Å². The van der Waals surface area contributed by atoms with Crippen molar-refractivity contribution in [1.82, 2.24) is 9.38 Å². The molecule has 3 aromatic rings. The van der Waals surface area contributed by atoms with Crippen LogP contribution in [-0.4, -0.2) is 9.38 Å². The second-order valence-corrected chi connectivity index (χ2v) is 5.85. The number of anilines is 1. The lowest BCUT2D eigenvalue weighted by molar-refractivity contribution is 1.14. The highest BCUT2D eigenvalue weighted by Crippen LogP contribution is 2.29. The molecule has 102 valence electrons. The van der Waals surface area contributed by atoms with Crippen LogP contribution in [0.2, 0.25) is 0 Å². The molecule has 0 aliphatic rings. The molecule has 2 heterocycles. The average molecular weight is 330 g/mol. The maximum Gasteiger partial charge on any atom is 0.142 e. The van der Waals surface area contributed by atoms with Crippen molar-refractivity contribution in [3.63, 3.8) is 0 Å². The van der Waals surface area contributed by atoms with Gasteiger partial charge in [0.25, 0.3) is 0 Å². The van der Waals surface area contributed by atoms with Crippen LogP contribution in [0.3, 0.4) is 0 Å². The van der Waals surface area contributed by atoms with Crippen LogP contribution < -0.4 is 5.73 Å². The number of nitrogens with two attached hydrogens (primary N) is 1. The van der Waals surface area contributed by atoms with E-state index in [1.165, 1.54) is 5.56 Å². The van der Waals surface area contributed by atoms with Crippen molar-refractivity contribution < 1.29 is 0 Å². The van der Waals surface area contributed by atoms with E-state index < -0.39 is 0 Å². The van der Waals surface area contributed by atoms with Crippen molar-refractivity contribution in [2.75, 3.05) is 5.73 Å². The summed E-state index contributed by atoms with van der Waals surface area (Å²) in [4.78, 5) is 4.70. The summed E-state index contributed by atoms with van der Waals surface area (Å²) < 4.78 is 2.93. The second kappa shape index (κ2) is 4.94. The highest BCUT2D eigenvalue weighted by Gasteiger charge is 2.13. The first-order valence-electron chi connectivity index (χ1n) is 6.63. The van der Waals surface area contributed by atoms with Gasteiger partial charge in [-0.15, -0.1) is 0 Å².